The van der Waals surface area contributed by atoms with E-state index in [2.05, 4.69) is 9.73 Å². The average molecular weight is 175 g/mol. The van der Waals surface area contributed by atoms with Crippen LogP contribution in [0.1, 0.15) is 0 Å². The molecule has 5 heteroatoms. The van der Waals surface area contributed by atoms with Gasteiger partial charge in [0, 0.05) is 12.4 Å². The van der Waals surface area contributed by atoms with Crippen LogP contribution in [0.4, 0.5) is 4.79 Å². The fourth-order valence-corrected chi connectivity index (χ4v) is 0.862. The molecule has 0 spiro atoms. The van der Waals surface area contributed by atoms with Gasteiger partial charge in [0.15, 0.2) is 0 Å². The predicted molar refractivity (Wildman–Crippen MR) is 41.5 cm³/mol. The van der Waals surface area contributed by atoms with Gasteiger partial charge >= 0.3 is 6.09 Å². The first-order valence-corrected chi connectivity index (χ1v) is 3.36. The highest BCUT2D eigenvalue weighted by Gasteiger charge is 2.12. The van der Waals surface area contributed by atoms with Crippen LogP contribution in [0.25, 0.3) is 0 Å². The zero-order valence-corrected chi connectivity index (χ0v) is 6.71. The minimum Gasteiger partial charge on any atom is -0.452 e. The van der Waals surface area contributed by atoms with Gasteiger partial charge < -0.3 is 4.74 Å². The Balaban J connectivity index is 2.63. The van der Waals surface area contributed by atoms with Crippen LogP contribution in [-0.2, 0) is 4.74 Å². The van der Waals surface area contributed by atoms with E-state index in [1.807, 2.05) is 0 Å². The van der Waals surface area contributed by atoms with Gasteiger partial charge in [-0.25, -0.2) is 9.79 Å². The second kappa shape index (κ2) is 3.39. The van der Waals surface area contributed by atoms with Gasteiger partial charge in [0.1, 0.15) is 5.16 Å². The number of halogens is 1. The molecule has 0 atom stereocenters. The first-order valence-electron chi connectivity index (χ1n) is 2.98. The fraction of sp³-hybridized carbons (Fsp3) is 0.333. The molecule has 0 fully saturated rings. The zero-order chi connectivity index (χ0) is 8.27. The molecule has 0 aromatic rings. The molecule has 0 aliphatic carbocycles. The number of carbonyl (C=O) groups is 1. The topological polar surface area (TPSA) is 41.9 Å². The third-order valence-corrected chi connectivity index (χ3v) is 1.36. The molecule has 1 aliphatic rings. The summed E-state index contributed by atoms with van der Waals surface area (Å²) < 4.78 is 4.46. The first-order chi connectivity index (χ1) is 5.24. The maximum absolute atomic E-state index is 10.9. The number of amides is 1. The van der Waals surface area contributed by atoms with Crippen molar-refractivity contribution in [2.45, 2.75) is 0 Å². The van der Waals surface area contributed by atoms with Gasteiger partial charge in [-0.3, -0.25) is 4.90 Å². The maximum Gasteiger partial charge on any atom is 0.413 e. The maximum atomic E-state index is 10.9. The Morgan fingerprint density at radius 2 is 2.64 bits per heavy atom. The van der Waals surface area contributed by atoms with E-state index in [1.54, 1.807) is 6.21 Å². The summed E-state index contributed by atoms with van der Waals surface area (Å²) in [5.74, 6) is 0. The highest BCUT2D eigenvalue weighted by Crippen LogP contribution is 2.09. The Bertz CT molecular complexity index is 225. The lowest BCUT2D eigenvalue weighted by Crippen LogP contribution is -2.29. The van der Waals surface area contributed by atoms with Crippen LogP contribution >= 0.6 is 11.6 Å². The van der Waals surface area contributed by atoms with Gasteiger partial charge in [-0.2, -0.15) is 0 Å². The highest BCUT2D eigenvalue weighted by molar-refractivity contribution is 6.30. The van der Waals surface area contributed by atoms with E-state index in [0.717, 1.165) is 0 Å². The Kier molecular flexibility index (Phi) is 2.48. The van der Waals surface area contributed by atoms with Gasteiger partial charge in [-0.1, -0.05) is 11.6 Å². The Morgan fingerprint density at radius 1 is 1.91 bits per heavy atom. The molecule has 0 saturated carbocycles. The summed E-state index contributed by atoms with van der Waals surface area (Å²) in [7, 11) is 1.32. The van der Waals surface area contributed by atoms with Gasteiger partial charge in [0.05, 0.1) is 13.7 Å². The van der Waals surface area contributed by atoms with E-state index >= 15 is 0 Å². The molecule has 1 rings (SSSR count). The Morgan fingerprint density at radius 3 is 3.18 bits per heavy atom. The van der Waals surface area contributed by atoms with Crippen molar-refractivity contribution in [1.82, 2.24) is 4.90 Å². The summed E-state index contributed by atoms with van der Waals surface area (Å²) in [6.07, 6.45) is 2.53. The first kappa shape index (κ1) is 8.07. The van der Waals surface area contributed by atoms with E-state index in [0.29, 0.717) is 6.54 Å². The highest BCUT2D eigenvalue weighted by atomic mass is 35.5. The number of hydrogen-bond donors (Lipinski definition) is 0. The number of hydrogen-bond acceptors (Lipinski definition) is 3. The van der Waals surface area contributed by atoms with Crippen LogP contribution in [0.15, 0.2) is 16.3 Å². The SMILES string of the molecule is COC(=O)N1C=C(Cl)N=CC1. The molecular weight excluding hydrogens is 168 g/mol. The second-order valence-electron chi connectivity index (χ2n) is 1.89. The van der Waals surface area contributed by atoms with Crippen molar-refractivity contribution in [1.29, 1.82) is 0 Å². The Hall–Kier alpha value is -1.03. The van der Waals surface area contributed by atoms with Crippen LogP contribution in [0.3, 0.4) is 0 Å². The lowest BCUT2D eigenvalue weighted by atomic mass is 10.5. The van der Waals surface area contributed by atoms with Crippen molar-refractivity contribution >= 4 is 23.9 Å². The third kappa shape index (κ3) is 1.94. The van der Waals surface area contributed by atoms with E-state index in [-0.39, 0.29) is 5.16 Å². The largest absolute Gasteiger partial charge is 0.452 e. The molecule has 4 nitrogen and oxygen atoms in total. The van der Waals surface area contributed by atoms with Crippen molar-refractivity contribution in [2.24, 2.45) is 4.99 Å². The lowest BCUT2D eigenvalue weighted by Gasteiger charge is -2.16. The molecule has 0 saturated heterocycles. The Labute approximate surface area is 69.1 Å². The van der Waals surface area contributed by atoms with Crippen molar-refractivity contribution in [3.63, 3.8) is 0 Å². The fourth-order valence-electron chi connectivity index (χ4n) is 0.675. The molecule has 1 amide bonds. The number of methoxy groups -OCH3 is 1. The van der Waals surface area contributed by atoms with Gasteiger partial charge in [0.25, 0.3) is 0 Å². The van der Waals surface area contributed by atoms with Gasteiger partial charge in [-0.15, -0.1) is 0 Å². The van der Waals surface area contributed by atoms with E-state index in [1.165, 1.54) is 18.2 Å². The zero-order valence-electron chi connectivity index (χ0n) is 5.95. The van der Waals surface area contributed by atoms with Crippen molar-refractivity contribution in [3.8, 4) is 0 Å². The standard InChI is InChI=1S/C6H7ClN2O2/c1-11-6(10)9-3-2-8-5(7)4-9/h2,4H,3H2,1H3. The van der Waals surface area contributed by atoms with Crippen molar-refractivity contribution < 1.29 is 9.53 Å². The van der Waals surface area contributed by atoms with E-state index in [9.17, 15) is 4.79 Å². The summed E-state index contributed by atoms with van der Waals surface area (Å²) in [6, 6.07) is 0. The second-order valence-corrected chi connectivity index (χ2v) is 2.27. The summed E-state index contributed by atoms with van der Waals surface area (Å²) in [5, 5.41) is 0.279. The summed E-state index contributed by atoms with van der Waals surface area (Å²) in [5.41, 5.74) is 0. The van der Waals surface area contributed by atoms with Crippen LogP contribution in [0, 0.1) is 0 Å². The normalized spacial score (nSPS) is 16.2. The third-order valence-electron chi connectivity index (χ3n) is 1.16. The number of ether oxygens (including phenoxy) is 1. The summed E-state index contributed by atoms with van der Waals surface area (Å²) >= 11 is 5.53. The van der Waals surface area contributed by atoms with E-state index in [4.69, 9.17) is 11.6 Å². The van der Waals surface area contributed by atoms with Crippen molar-refractivity contribution in [3.05, 3.63) is 11.4 Å². The molecule has 0 unspecified atom stereocenters. The molecule has 0 bridgehead atoms. The lowest BCUT2D eigenvalue weighted by molar-refractivity contribution is 0.144. The molecule has 11 heavy (non-hydrogen) atoms. The van der Waals surface area contributed by atoms with Gasteiger partial charge in [0.2, 0.25) is 0 Å². The summed E-state index contributed by atoms with van der Waals surface area (Å²) in [6.45, 7) is 0.406. The average Bonchev–Trinajstić information content (AvgIpc) is 2.03. The predicted octanol–water partition coefficient (Wildman–Crippen LogP) is 1.18. The van der Waals surface area contributed by atoms with Crippen molar-refractivity contribution in [2.75, 3.05) is 13.7 Å². The van der Waals surface area contributed by atoms with Crippen LogP contribution in [0.5, 0.6) is 0 Å². The quantitative estimate of drug-likeness (QED) is 0.518. The molecule has 1 heterocycles. The molecule has 1 aliphatic heterocycles. The molecule has 0 radical (unpaired) electrons. The minimum absolute atomic E-state index is 0.279. The molecular formula is C6H7ClN2O2. The van der Waals surface area contributed by atoms with E-state index < -0.39 is 6.09 Å². The number of carbonyl (C=O) groups excluding carboxylic acids is 1. The number of rotatable bonds is 0. The number of nitrogens with zero attached hydrogens (tertiary/aromatic N) is 2. The van der Waals surface area contributed by atoms with Crippen LogP contribution in [0.2, 0.25) is 0 Å². The summed E-state index contributed by atoms with van der Waals surface area (Å²) in [4.78, 5) is 15.9. The smallest absolute Gasteiger partial charge is 0.413 e. The van der Waals surface area contributed by atoms with Gasteiger partial charge in [-0.05, 0) is 0 Å². The van der Waals surface area contributed by atoms with Crippen LogP contribution < -0.4 is 0 Å². The molecule has 0 N–H and O–H groups in total. The number of aliphatic imine (C=N–C) groups is 1. The molecule has 60 valence electrons. The minimum atomic E-state index is -0.436. The van der Waals surface area contributed by atoms with Crippen LogP contribution in [-0.4, -0.2) is 30.9 Å². The molecule has 0 aromatic heterocycles. The monoisotopic (exact) mass is 174 g/mol. The molecule has 0 aromatic carbocycles.